The lowest BCUT2D eigenvalue weighted by Gasteiger charge is -2.30. The first-order chi connectivity index (χ1) is 11.3. The molecule has 1 aliphatic heterocycles. The van der Waals surface area contributed by atoms with Crippen LogP contribution in [0.4, 0.5) is 14.5 Å². The summed E-state index contributed by atoms with van der Waals surface area (Å²) in [6.45, 7) is 2.68. The molecule has 1 saturated heterocycles. The molecule has 0 amide bonds. The minimum Gasteiger partial charge on any atom is -0.345 e. The van der Waals surface area contributed by atoms with E-state index in [1.54, 1.807) is 24.3 Å². The van der Waals surface area contributed by atoms with E-state index in [1.165, 1.54) is 0 Å². The summed E-state index contributed by atoms with van der Waals surface area (Å²) in [5.74, 6) is -2.13. The molecule has 9 heteroatoms. The highest BCUT2D eigenvalue weighted by atomic mass is 32.2. The van der Waals surface area contributed by atoms with Crippen LogP contribution in [0.3, 0.4) is 0 Å². The Morgan fingerprint density at radius 3 is 2.58 bits per heavy atom. The first-order valence-electron chi connectivity index (χ1n) is 7.63. The maximum absolute atomic E-state index is 12.3. The largest absolute Gasteiger partial charge is 0.345 e. The molecule has 0 aliphatic carbocycles. The molecule has 1 fully saturated rings. The number of hydrogen-bond acceptors (Lipinski definition) is 4. The Balaban J connectivity index is 2.02. The maximum Gasteiger partial charge on any atom is 0.288 e. The highest BCUT2D eigenvalue weighted by Crippen LogP contribution is 2.26. The summed E-state index contributed by atoms with van der Waals surface area (Å²) in [6, 6.07) is 6.47. The average Bonchev–Trinajstić information content (AvgIpc) is 2.86. The fraction of sp³-hybridized carbons (Fsp3) is 0.533. The Morgan fingerprint density at radius 1 is 1.42 bits per heavy atom. The van der Waals surface area contributed by atoms with Gasteiger partial charge in [-0.05, 0) is 49.3 Å². The molecule has 0 saturated carbocycles. The SMILES string of the molecule is CCCN(C(=S)Nc1ccc(SC(F)F)cc1)[C@H]1CCS(=O)(=O)C1. The molecular weight excluding hydrogens is 374 g/mol. The van der Waals surface area contributed by atoms with Gasteiger partial charge >= 0.3 is 0 Å². The van der Waals surface area contributed by atoms with Crippen LogP contribution in [0.2, 0.25) is 0 Å². The lowest BCUT2D eigenvalue weighted by atomic mass is 10.2. The number of anilines is 1. The van der Waals surface area contributed by atoms with E-state index in [9.17, 15) is 17.2 Å². The van der Waals surface area contributed by atoms with Crippen LogP contribution in [-0.4, -0.2) is 48.3 Å². The predicted molar refractivity (Wildman–Crippen MR) is 98.6 cm³/mol. The Kier molecular flexibility index (Phi) is 6.82. The molecule has 2 rings (SSSR count). The quantitative estimate of drug-likeness (QED) is 0.588. The summed E-state index contributed by atoms with van der Waals surface area (Å²) >= 11 is 5.92. The number of thiocarbonyl (C=S) groups is 1. The highest BCUT2D eigenvalue weighted by Gasteiger charge is 2.33. The van der Waals surface area contributed by atoms with Crippen LogP contribution in [0.5, 0.6) is 0 Å². The van der Waals surface area contributed by atoms with Crippen LogP contribution in [0.25, 0.3) is 0 Å². The Bertz CT molecular complexity index is 666. The molecule has 1 N–H and O–H groups in total. The van der Waals surface area contributed by atoms with E-state index in [-0.39, 0.29) is 17.5 Å². The van der Waals surface area contributed by atoms with E-state index in [0.717, 1.165) is 6.42 Å². The van der Waals surface area contributed by atoms with Gasteiger partial charge in [0.05, 0.1) is 11.5 Å². The number of nitrogens with zero attached hydrogens (tertiary/aromatic N) is 1. The van der Waals surface area contributed by atoms with Crippen molar-refractivity contribution in [3.63, 3.8) is 0 Å². The van der Waals surface area contributed by atoms with Gasteiger partial charge in [0.2, 0.25) is 0 Å². The second-order valence-electron chi connectivity index (χ2n) is 5.58. The lowest BCUT2D eigenvalue weighted by molar-refractivity contribution is 0.252. The van der Waals surface area contributed by atoms with Crippen LogP contribution in [0, 0.1) is 0 Å². The van der Waals surface area contributed by atoms with E-state index in [2.05, 4.69) is 5.32 Å². The van der Waals surface area contributed by atoms with Gasteiger partial charge in [0.15, 0.2) is 14.9 Å². The van der Waals surface area contributed by atoms with Crippen molar-refractivity contribution in [1.29, 1.82) is 0 Å². The van der Waals surface area contributed by atoms with Crippen molar-refractivity contribution >= 4 is 44.6 Å². The number of benzene rings is 1. The van der Waals surface area contributed by atoms with Crippen LogP contribution in [0.1, 0.15) is 19.8 Å². The third-order valence-electron chi connectivity index (χ3n) is 3.71. The standard InChI is InChI=1S/C15H20F2N2O2S3/c1-2-8-19(12-7-9-24(20,21)10-12)15(22)18-11-3-5-13(6-4-11)23-14(16)17/h3-6,12,14H,2,7-10H2,1H3,(H,18,22)/t12-/m0/s1. The number of alkyl halides is 2. The van der Waals surface area contributed by atoms with Gasteiger partial charge in [-0.25, -0.2) is 8.42 Å². The van der Waals surface area contributed by atoms with Gasteiger partial charge in [-0.2, -0.15) is 8.78 Å². The number of thioether (sulfide) groups is 1. The minimum absolute atomic E-state index is 0.108. The molecule has 0 unspecified atom stereocenters. The third-order valence-corrected chi connectivity index (χ3v) is 6.51. The molecule has 0 radical (unpaired) electrons. The Hall–Kier alpha value is -0.930. The van der Waals surface area contributed by atoms with Crippen LogP contribution in [-0.2, 0) is 9.84 Å². The molecule has 24 heavy (non-hydrogen) atoms. The second-order valence-corrected chi connectivity index (χ2v) is 9.26. The first kappa shape index (κ1) is 19.4. The predicted octanol–water partition coefficient (Wildman–Crippen LogP) is 3.60. The van der Waals surface area contributed by atoms with Crippen molar-refractivity contribution in [3.05, 3.63) is 24.3 Å². The lowest BCUT2D eigenvalue weighted by Crippen LogP contribution is -2.43. The summed E-state index contributed by atoms with van der Waals surface area (Å²) in [6.07, 6.45) is 1.43. The van der Waals surface area contributed by atoms with Crippen molar-refractivity contribution in [2.45, 2.75) is 36.5 Å². The Morgan fingerprint density at radius 2 is 2.08 bits per heavy atom. The maximum atomic E-state index is 12.3. The van der Waals surface area contributed by atoms with Crippen molar-refractivity contribution < 1.29 is 17.2 Å². The summed E-state index contributed by atoms with van der Waals surface area (Å²) in [7, 11) is -2.99. The molecule has 1 heterocycles. The van der Waals surface area contributed by atoms with Gasteiger partial charge in [0.1, 0.15) is 0 Å². The molecular formula is C15H20F2N2O2S3. The van der Waals surface area contributed by atoms with Crippen molar-refractivity contribution in [2.24, 2.45) is 0 Å². The minimum atomic E-state index is -2.99. The summed E-state index contributed by atoms with van der Waals surface area (Å²) in [5.41, 5.74) is 0.695. The molecule has 4 nitrogen and oxygen atoms in total. The van der Waals surface area contributed by atoms with Gasteiger partial charge in [0.25, 0.3) is 5.76 Å². The van der Waals surface area contributed by atoms with E-state index in [1.807, 2.05) is 11.8 Å². The zero-order valence-corrected chi connectivity index (χ0v) is 15.7. The van der Waals surface area contributed by atoms with Crippen molar-refractivity contribution in [3.8, 4) is 0 Å². The molecule has 0 bridgehead atoms. The molecule has 1 atom stereocenters. The van der Waals surface area contributed by atoms with Crippen molar-refractivity contribution in [1.82, 2.24) is 4.90 Å². The topological polar surface area (TPSA) is 49.4 Å². The van der Waals surface area contributed by atoms with E-state index in [4.69, 9.17) is 12.2 Å². The fourth-order valence-electron chi connectivity index (χ4n) is 2.63. The Labute approximate surface area is 150 Å². The highest BCUT2D eigenvalue weighted by molar-refractivity contribution is 7.99. The van der Waals surface area contributed by atoms with Gasteiger partial charge in [-0.1, -0.05) is 18.7 Å². The summed E-state index contributed by atoms with van der Waals surface area (Å²) in [5, 5.41) is 3.54. The normalized spacial score (nSPS) is 19.4. The number of halogens is 2. The van der Waals surface area contributed by atoms with Crippen LogP contribution < -0.4 is 5.32 Å². The summed E-state index contributed by atoms with van der Waals surface area (Å²) in [4.78, 5) is 2.40. The molecule has 134 valence electrons. The smallest absolute Gasteiger partial charge is 0.288 e. The second kappa shape index (κ2) is 8.44. The zero-order valence-electron chi connectivity index (χ0n) is 13.2. The van der Waals surface area contributed by atoms with Crippen LogP contribution in [0.15, 0.2) is 29.2 Å². The van der Waals surface area contributed by atoms with E-state index >= 15 is 0 Å². The molecule has 0 spiro atoms. The van der Waals surface area contributed by atoms with E-state index in [0.29, 0.717) is 40.4 Å². The number of rotatable bonds is 6. The van der Waals surface area contributed by atoms with Crippen LogP contribution >= 0.6 is 24.0 Å². The molecule has 0 aromatic heterocycles. The third kappa shape index (κ3) is 5.56. The molecule has 1 aromatic carbocycles. The number of nitrogens with one attached hydrogen (secondary N) is 1. The number of hydrogen-bond donors (Lipinski definition) is 1. The van der Waals surface area contributed by atoms with E-state index < -0.39 is 15.6 Å². The van der Waals surface area contributed by atoms with Gasteiger partial charge < -0.3 is 10.2 Å². The monoisotopic (exact) mass is 394 g/mol. The fourth-order valence-corrected chi connectivity index (χ4v) is 5.21. The summed E-state index contributed by atoms with van der Waals surface area (Å²) < 4.78 is 48.1. The van der Waals surface area contributed by atoms with Gasteiger partial charge in [-0.15, -0.1) is 0 Å². The first-order valence-corrected chi connectivity index (χ1v) is 10.7. The van der Waals surface area contributed by atoms with Crippen molar-refractivity contribution in [2.75, 3.05) is 23.4 Å². The number of sulfone groups is 1. The average molecular weight is 395 g/mol. The molecule has 1 aliphatic rings. The molecule has 1 aromatic rings. The van der Waals surface area contributed by atoms with Gasteiger partial charge in [-0.3, -0.25) is 0 Å². The zero-order chi connectivity index (χ0) is 17.7. The van der Waals surface area contributed by atoms with Gasteiger partial charge in [0, 0.05) is 23.2 Å².